The average Bonchev–Trinajstić information content (AvgIpc) is 3.04. The van der Waals surface area contributed by atoms with Gasteiger partial charge >= 0.3 is 0 Å². The highest BCUT2D eigenvalue weighted by molar-refractivity contribution is 6.02. The van der Waals surface area contributed by atoms with Gasteiger partial charge in [0.15, 0.2) is 0 Å². The molecular formula is C26H33N3O. The van der Waals surface area contributed by atoms with Gasteiger partial charge in [-0.15, -0.1) is 0 Å². The summed E-state index contributed by atoms with van der Waals surface area (Å²) in [6, 6.07) is 12.3. The number of rotatable bonds is 7. The number of pyridine rings is 1. The molecule has 0 radical (unpaired) electrons. The largest absolute Gasteiger partial charge is 0.366 e. The number of nitrogens with two attached hydrogens (primary N) is 1. The maximum atomic E-state index is 12.6. The highest BCUT2D eigenvalue weighted by Crippen LogP contribution is 2.36. The van der Waals surface area contributed by atoms with E-state index < -0.39 is 0 Å². The van der Waals surface area contributed by atoms with Gasteiger partial charge in [0.25, 0.3) is 5.91 Å². The van der Waals surface area contributed by atoms with E-state index in [-0.39, 0.29) is 5.91 Å². The molecule has 0 aliphatic heterocycles. The zero-order valence-corrected chi connectivity index (χ0v) is 18.3. The standard InChI is InChI=1S/C26H33N3O/c1-3-4-14-23-25(22-16-15-20-12-8-9-13-21(20)28-22)24(26(27)30)18(2)29(23)17-19-10-6-5-7-11-19/h8-9,12-13,15-16,19H,3-7,10-11,14,17H2,1-2H3,(H2,27,30). The van der Waals surface area contributed by atoms with Crippen molar-refractivity contribution >= 4 is 16.8 Å². The molecule has 4 nitrogen and oxygen atoms in total. The first-order valence-corrected chi connectivity index (χ1v) is 11.5. The minimum atomic E-state index is -0.349. The fourth-order valence-corrected chi connectivity index (χ4v) is 5.06. The molecule has 1 fully saturated rings. The minimum Gasteiger partial charge on any atom is -0.366 e. The Morgan fingerprint density at radius 3 is 2.63 bits per heavy atom. The second kappa shape index (κ2) is 9.03. The molecule has 0 saturated heterocycles. The Morgan fingerprint density at radius 1 is 1.13 bits per heavy atom. The van der Waals surface area contributed by atoms with Gasteiger partial charge in [0.1, 0.15) is 0 Å². The molecule has 4 rings (SSSR count). The lowest BCUT2D eigenvalue weighted by Crippen LogP contribution is -2.18. The number of hydrogen-bond acceptors (Lipinski definition) is 2. The molecule has 4 heteroatoms. The van der Waals surface area contributed by atoms with Crippen LogP contribution in [0.2, 0.25) is 0 Å². The number of benzene rings is 1. The van der Waals surface area contributed by atoms with Crippen molar-refractivity contribution in [3.8, 4) is 11.3 Å². The Morgan fingerprint density at radius 2 is 1.90 bits per heavy atom. The molecule has 3 aromatic rings. The van der Waals surface area contributed by atoms with E-state index in [1.165, 1.54) is 37.8 Å². The molecule has 1 aliphatic rings. The highest BCUT2D eigenvalue weighted by atomic mass is 16.1. The third-order valence-corrected chi connectivity index (χ3v) is 6.66. The van der Waals surface area contributed by atoms with Gasteiger partial charge in [0.2, 0.25) is 0 Å². The minimum absolute atomic E-state index is 0.349. The summed E-state index contributed by atoms with van der Waals surface area (Å²) in [4.78, 5) is 17.5. The molecule has 2 heterocycles. The smallest absolute Gasteiger partial charge is 0.251 e. The van der Waals surface area contributed by atoms with E-state index in [0.717, 1.165) is 53.7 Å². The van der Waals surface area contributed by atoms with Gasteiger partial charge in [-0.25, -0.2) is 4.98 Å². The molecule has 0 atom stereocenters. The van der Waals surface area contributed by atoms with Crippen LogP contribution in [-0.4, -0.2) is 15.5 Å². The van der Waals surface area contributed by atoms with Crippen molar-refractivity contribution in [3.63, 3.8) is 0 Å². The lowest BCUT2D eigenvalue weighted by atomic mass is 9.89. The highest BCUT2D eigenvalue weighted by Gasteiger charge is 2.27. The van der Waals surface area contributed by atoms with Crippen molar-refractivity contribution in [1.82, 2.24) is 9.55 Å². The zero-order valence-electron chi connectivity index (χ0n) is 18.3. The van der Waals surface area contributed by atoms with Gasteiger partial charge in [-0.05, 0) is 50.7 Å². The fourth-order valence-electron chi connectivity index (χ4n) is 5.06. The summed E-state index contributed by atoms with van der Waals surface area (Å²) in [6.07, 6.45) is 9.69. The van der Waals surface area contributed by atoms with Crippen molar-refractivity contribution < 1.29 is 4.79 Å². The number of carbonyl (C=O) groups is 1. The van der Waals surface area contributed by atoms with E-state index in [4.69, 9.17) is 10.7 Å². The van der Waals surface area contributed by atoms with Crippen molar-refractivity contribution in [2.75, 3.05) is 0 Å². The molecule has 0 spiro atoms. The third kappa shape index (κ3) is 4.00. The molecule has 30 heavy (non-hydrogen) atoms. The van der Waals surface area contributed by atoms with Gasteiger partial charge in [-0.3, -0.25) is 4.79 Å². The van der Waals surface area contributed by atoms with E-state index in [1.807, 2.05) is 24.3 Å². The zero-order chi connectivity index (χ0) is 21.1. The Labute approximate surface area is 179 Å². The summed E-state index contributed by atoms with van der Waals surface area (Å²) in [7, 11) is 0. The molecule has 2 aromatic heterocycles. The number of para-hydroxylation sites is 1. The topological polar surface area (TPSA) is 60.9 Å². The van der Waals surface area contributed by atoms with Crippen molar-refractivity contribution in [2.24, 2.45) is 11.7 Å². The van der Waals surface area contributed by atoms with Crippen LogP contribution in [0.25, 0.3) is 22.2 Å². The number of hydrogen-bond donors (Lipinski definition) is 1. The summed E-state index contributed by atoms with van der Waals surface area (Å²) in [6.45, 7) is 5.26. The number of amides is 1. The Balaban J connectivity index is 1.87. The summed E-state index contributed by atoms with van der Waals surface area (Å²) in [5.41, 5.74) is 11.6. The van der Waals surface area contributed by atoms with Crippen LogP contribution in [-0.2, 0) is 13.0 Å². The van der Waals surface area contributed by atoms with Crippen molar-refractivity contribution in [3.05, 3.63) is 53.3 Å². The molecular weight excluding hydrogens is 370 g/mol. The summed E-state index contributed by atoms with van der Waals surface area (Å²) >= 11 is 0. The maximum absolute atomic E-state index is 12.6. The number of aromatic nitrogens is 2. The van der Waals surface area contributed by atoms with Crippen LogP contribution in [0.5, 0.6) is 0 Å². The molecule has 1 aromatic carbocycles. The van der Waals surface area contributed by atoms with Gasteiger partial charge in [0, 0.05) is 28.9 Å². The predicted molar refractivity (Wildman–Crippen MR) is 124 cm³/mol. The van der Waals surface area contributed by atoms with Gasteiger partial charge in [-0.1, -0.05) is 56.9 Å². The average molecular weight is 404 g/mol. The van der Waals surface area contributed by atoms with Crippen molar-refractivity contribution in [2.45, 2.75) is 71.8 Å². The first-order valence-electron chi connectivity index (χ1n) is 11.5. The van der Waals surface area contributed by atoms with Crippen LogP contribution in [0.3, 0.4) is 0 Å². The SMILES string of the molecule is CCCCc1c(-c2ccc3ccccc3n2)c(C(N)=O)c(C)n1CC1CCCCC1. The van der Waals surface area contributed by atoms with Crippen LogP contribution in [0.4, 0.5) is 0 Å². The van der Waals surface area contributed by atoms with E-state index in [9.17, 15) is 4.79 Å². The van der Waals surface area contributed by atoms with Gasteiger partial charge in [-0.2, -0.15) is 0 Å². The Hall–Kier alpha value is -2.62. The van der Waals surface area contributed by atoms with E-state index in [2.05, 4.69) is 30.5 Å². The van der Waals surface area contributed by atoms with Gasteiger partial charge in [0.05, 0.1) is 16.8 Å². The lowest BCUT2D eigenvalue weighted by molar-refractivity contribution is 0.1000. The second-order valence-electron chi connectivity index (χ2n) is 8.75. The van der Waals surface area contributed by atoms with Crippen LogP contribution < -0.4 is 5.73 Å². The monoisotopic (exact) mass is 403 g/mol. The fraction of sp³-hybridized carbons (Fsp3) is 0.462. The van der Waals surface area contributed by atoms with E-state index >= 15 is 0 Å². The number of unbranched alkanes of at least 4 members (excludes halogenated alkanes) is 1. The van der Waals surface area contributed by atoms with Crippen LogP contribution >= 0.6 is 0 Å². The molecule has 1 aliphatic carbocycles. The molecule has 0 unspecified atom stereocenters. The number of carbonyl (C=O) groups excluding carboxylic acids is 1. The molecule has 0 bridgehead atoms. The third-order valence-electron chi connectivity index (χ3n) is 6.66. The van der Waals surface area contributed by atoms with Crippen molar-refractivity contribution in [1.29, 1.82) is 0 Å². The maximum Gasteiger partial charge on any atom is 0.251 e. The number of primary amides is 1. The summed E-state index contributed by atoms with van der Waals surface area (Å²) < 4.78 is 2.40. The predicted octanol–water partition coefficient (Wildman–Crippen LogP) is 6.03. The van der Waals surface area contributed by atoms with Crippen LogP contribution in [0.1, 0.15) is 73.6 Å². The summed E-state index contributed by atoms with van der Waals surface area (Å²) in [5, 5.41) is 1.11. The normalized spacial score (nSPS) is 15.0. The number of nitrogens with zero attached hydrogens (tertiary/aromatic N) is 2. The molecule has 1 saturated carbocycles. The Kier molecular flexibility index (Phi) is 6.21. The quantitative estimate of drug-likeness (QED) is 0.523. The summed E-state index contributed by atoms with van der Waals surface area (Å²) in [5.74, 6) is 0.334. The lowest BCUT2D eigenvalue weighted by Gasteiger charge is -2.24. The molecule has 1 amide bonds. The van der Waals surface area contributed by atoms with Crippen LogP contribution in [0.15, 0.2) is 36.4 Å². The Bertz CT molecular complexity index is 1040. The first-order chi connectivity index (χ1) is 14.6. The molecule has 2 N–H and O–H groups in total. The second-order valence-corrected chi connectivity index (χ2v) is 8.75. The molecule has 158 valence electrons. The van der Waals surface area contributed by atoms with E-state index in [1.54, 1.807) is 0 Å². The van der Waals surface area contributed by atoms with E-state index in [0.29, 0.717) is 11.5 Å². The van der Waals surface area contributed by atoms with Gasteiger partial charge < -0.3 is 10.3 Å². The first kappa shape index (κ1) is 20.6. The number of fused-ring (bicyclic) bond motifs is 1. The van der Waals surface area contributed by atoms with Crippen LogP contribution in [0, 0.1) is 12.8 Å².